The smallest absolute Gasteiger partial charge is 0.257 e. The highest BCUT2D eigenvalue weighted by atomic mass is 19.1. The number of hydrogen-bond acceptors (Lipinski definition) is 6. The standard InChI is InChI=1S/C24H33FN2O5/c1-24(2,3)32-17-18(28)13-26-10-12-31-20(14-26)16-27(15-19-7-6-11-30-19)23(29)21-8-4-5-9-22(21)25/h4-9,11,18,20,28H,10,12-17H2,1-3H3. The van der Waals surface area contributed by atoms with Crippen LogP contribution in [0.5, 0.6) is 0 Å². The predicted molar refractivity (Wildman–Crippen MR) is 118 cm³/mol. The van der Waals surface area contributed by atoms with Gasteiger partial charge in [0.1, 0.15) is 11.6 Å². The van der Waals surface area contributed by atoms with Gasteiger partial charge < -0.3 is 23.9 Å². The maximum absolute atomic E-state index is 14.3. The van der Waals surface area contributed by atoms with Crippen LogP contribution in [0.4, 0.5) is 4.39 Å². The van der Waals surface area contributed by atoms with Crippen LogP contribution in [0.25, 0.3) is 0 Å². The van der Waals surface area contributed by atoms with E-state index in [0.29, 0.717) is 32.0 Å². The van der Waals surface area contributed by atoms with Crippen molar-refractivity contribution in [3.63, 3.8) is 0 Å². The van der Waals surface area contributed by atoms with E-state index in [4.69, 9.17) is 13.9 Å². The minimum absolute atomic E-state index is 0.0153. The van der Waals surface area contributed by atoms with E-state index in [-0.39, 0.29) is 37.0 Å². The SMILES string of the molecule is CC(C)(C)OCC(O)CN1CCOC(CN(Cc2ccco2)C(=O)c2ccccc2F)C1. The van der Waals surface area contributed by atoms with Gasteiger partial charge in [0.05, 0.1) is 49.4 Å². The van der Waals surface area contributed by atoms with Gasteiger partial charge in [0.15, 0.2) is 0 Å². The molecule has 2 aromatic rings. The number of ether oxygens (including phenoxy) is 2. The fraction of sp³-hybridized carbons (Fsp3) is 0.542. The minimum atomic E-state index is -0.618. The summed E-state index contributed by atoms with van der Waals surface area (Å²) in [5.74, 6) is -0.369. The molecule has 1 saturated heterocycles. The quantitative estimate of drug-likeness (QED) is 0.636. The van der Waals surface area contributed by atoms with Crippen molar-refractivity contribution in [3.05, 3.63) is 59.8 Å². The van der Waals surface area contributed by atoms with Crippen molar-refractivity contribution in [2.45, 2.75) is 45.1 Å². The average Bonchev–Trinajstić information content (AvgIpc) is 3.25. The number of aliphatic hydroxyl groups excluding tert-OH is 1. The Bertz CT molecular complexity index is 852. The Morgan fingerprint density at radius 1 is 1.31 bits per heavy atom. The lowest BCUT2D eigenvalue weighted by molar-refractivity contribution is -0.0784. The third-order valence-corrected chi connectivity index (χ3v) is 5.14. The Kier molecular flexibility index (Phi) is 8.42. The first-order chi connectivity index (χ1) is 15.2. The molecule has 1 aromatic carbocycles. The normalized spacial score (nSPS) is 18.5. The number of hydrogen-bond donors (Lipinski definition) is 1. The zero-order valence-electron chi connectivity index (χ0n) is 19.0. The van der Waals surface area contributed by atoms with Gasteiger partial charge >= 0.3 is 0 Å². The molecule has 0 bridgehead atoms. The maximum Gasteiger partial charge on any atom is 0.257 e. The van der Waals surface area contributed by atoms with Crippen LogP contribution >= 0.6 is 0 Å². The molecular formula is C24H33FN2O5. The highest BCUT2D eigenvalue weighted by molar-refractivity contribution is 5.94. The molecule has 2 atom stereocenters. The van der Waals surface area contributed by atoms with Crippen LogP contribution in [0.3, 0.4) is 0 Å². The molecule has 0 radical (unpaired) electrons. The van der Waals surface area contributed by atoms with Gasteiger partial charge in [-0.2, -0.15) is 0 Å². The average molecular weight is 449 g/mol. The van der Waals surface area contributed by atoms with E-state index < -0.39 is 17.8 Å². The zero-order chi connectivity index (χ0) is 23.1. The first kappa shape index (κ1) is 24.4. The summed E-state index contributed by atoms with van der Waals surface area (Å²) in [5, 5.41) is 10.3. The van der Waals surface area contributed by atoms with Crippen LogP contribution in [-0.4, -0.2) is 78.0 Å². The van der Waals surface area contributed by atoms with Crippen molar-refractivity contribution in [2.75, 3.05) is 39.4 Å². The molecule has 0 aliphatic carbocycles. The summed E-state index contributed by atoms with van der Waals surface area (Å²) in [6, 6.07) is 9.48. The van der Waals surface area contributed by atoms with Crippen molar-refractivity contribution >= 4 is 5.91 Å². The number of benzene rings is 1. The summed E-state index contributed by atoms with van der Waals surface area (Å²) < 4.78 is 31.2. The molecule has 0 spiro atoms. The van der Waals surface area contributed by atoms with Gasteiger partial charge in [0, 0.05) is 26.2 Å². The molecule has 2 heterocycles. The maximum atomic E-state index is 14.3. The monoisotopic (exact) mass is 448 g/mol. The van der Waals surface area contributed by atoms with E-state index in [1.54, 1.807) is 35.4 Å². The second kappa shape index (κ2) is 11.0. The predicted octanol–water partition coefficient (Wildman–Crippen LogP) is 2.94. The molecule has 176 valence electrons. The molecule has 1 amide bonds. The molecule has 32 heavy (non-hydrogen) atoms. The van der Waals surface area contributed by atoms with Crippen molar-refractivity contribution in [3.8, 4) is 0 Å². The molecule has 7 nitrogen and oxygen atoms in total. The molecule has 2 unspecified atom stereocenters. The number of furan rings is 1. The fourth-order valence-electron chi connectivity index (χ4n) is 3.61. The Hall–Kier alpha value is -2.26. The molecule has 8 heteroatoms. The molecule has 1 N–H and O–H groups in total. The van der Waals surface area contributed by atoms with Crippen molar-refractivity contribution in [1.82, 2.24) is 9.80 Å². The van der Waals surface area contributed by atoms with Crippen LogP contribution in [0.1, 0.15) is 36.9 Å². The first-order valence-electron chi connectivity index (χ1n) is 10.9. The van der Waals surface area contributed by atoms with E-state index in [9.17, 15) is 14.3 Å². The Morgan fingerprint density at radius 2 is 2.09 bits per heavy atom. The lowest BCUT2D eigenvalue weighted by atomic mass is 10.1. The van der Waals surface area contributed by atoms with Crippen LogP contribution in [-0.2, 0) is 16.0 Å². The number of β-amino-alcohol motifs (C(OH)–C–C–N with tert-alkyl or cyclic N) is 1. The highest BCUT2D eigenvalue weighted by Crippen LogP contribution is 2.17. The van der Waals surface area contributed by atoms with Gasteiger partial charge in [-0.25, -0.2) is 4.39 Å². The summed E-state index contributed by atoms with van der Waals surface area (Å²) >= 11 is 0. The number of rotatable bonds is 9. The minimum Gasteiger partial charge on any atom is -0.467 e. The topological polar surface area (TPSA) is 75.4 Å². The molecule has 1 fully saturated rings. The molecule has 1 aliphatic heterocycles. The van der Waals surface area contributed by atoms with Gasteiger partial charge in [-0.3, -0.25) is 9.69 Å². The van der Waals surface area contributed by atoms with Crippen LogP contribution in [0.15, 0.2) is 47.1 Å². The number of aliphatic hydroxyl groups is 1. The lowest BCUT2D eigenvalue weighted by Gasteiger charge is -2.36. The van der Waals surface area contributed by atoms with E-state index in [1.165, 1.54) is 12.1 Å². The van der Waals surface area contributed by atoms with Crippen molar-refractivity contribution < 1.29 is 28.2 Å². The fourth-order valence-corrected chi connectivity index (χ4v) is 3.61. The number of morpholine rings is 1. The first-order valence-corrected chi connectivity index (χ1v) is 10.9. The van der Waals surface area contributed by atoms with Gasteiger partial charge in [-0.1, -0.05) is 12.1 Å². The third-order valence-electron chi connectivity index (χ3n) is 5.14. The van der Waals surface area contributed by atoms with Gasteiger partial charge in [-0.15, -0.1) is 0 Å². The zero-order valence-corrected chi connectivity index (χ0v) is 19.0. The van der Waals surface area contributed by atoms with E-state index in [0.717, 1.165) is 0 Å². The molecular weight excluding hydrogens is 415 g/mol. The van der Waals surface area contributed by atoms with E-state index in [2.05, 4.69) is 4.90 Å². The second-order valence-corrected chi connectivity index (χ2v) is 9.07. The molecule has 3 rings (SSSR count). The summed E-state index contributed by atoms with van der Waals surface area (Å²) in [6.07, 6.45) is 0.651. The second-order valence-electron chi connectivity index (χ2n) is 9.07. The number of amides is 1. The van der Waals surface area contributed by atoms with Crippen LogP contribution in [0.2, 0.25) is 0 Å². The van der Waals surface area contributed by atoms with Crippen molar-refractivity contribution in [1.29, 1.82) is 0 Å². The van der Waals surface area contributed by atoms with Crippen LogP contribution < -0.4 is 0 Å². The number of carbonyl (C=O) groups is 1. The van der Waals surface area contributed by atoms with E-state index in [1.807, 2.05) is 20.8 Å². The van der Waals surface area contributed by atoms with E-state index >= 15 is 0 Å². The van der Waals surface area contributed by atoms with Gasteiger partial charge in [0.2, 0.25) is 0 Å². The Balaban J connectivity index is 1.63. The summed E-state index contributed by atoms with van der Waals surface area (Å²) in [4.78, 5) is 16.8. The Morgan fingerprint density at radius 3 is 2.78 bits per heavy atom. The number of halogens is 1. The Labute approximate surface area is 188 Å². The molecule has 1 aliphatic rings. The third kappa shape index (κ3) is 7.41. The summed E-state index contributed by atoms with van der Waals surface area (Å²) in [6.45, 7) is 8.76. The summed E-state index contributed by atoms with van der Waals surface area (Å²) in [7, 11) is 0. The lowest BCUT2D eigenvalue weighted by Crippen LogP contribution is -2.50. The van der Waals surface area contributed by atoms with Crippen molar-refractivity contribution in [2.24, 2.45) is 0 Å². The van der Waals surface area contributed by atoms with Gasteiger partial charge in [-0.05, 0) is 45.0 Å². The number of nitrogens with zero attached hydrogens (tertiary/aromatic N) is 2. The largest absolute Gasteiger partial charge is 0.467 e. The summed E-state index contributed by atoms with van der Waals surface area (Å²) in [5.41, 5.74) is -0.296. The highest BCUT2D eigenvalue weighted by Gasteiger charge is 2.28. The van der Waals surface area contributed by atoms with Gasteiger partial charge in [0.25, 0.3) is 5.91 Å². The number of carbonyl (C=O) groups excluding carboxylic acids is 1. The molecule has 1 aromatic heterocycles. The van der Waals surface area contributed by atoms with Crippen LogP contribution in [0, 0.1) is 5.82 Å². The molecule has 0 saturated carbocycles.